The second-order valence-electron chi connectivity index (χ2n) is 5.56. The van der Waals surface area contributed by atoms with Gasteiger partial charge >= 0.3 is 6.61 Å². The van der Waals surface area contributed by atoms with Crippen molar-refractivity contribution in [3.63, 3.8) is 0 Å². The number of aryl methyl sites for hydroxylation is 1. The van der Waals surface area contributed by atoms with Crippen LogP contribution < -0.4 is 9.46 Å². The zero-order valence-corrected chi connectivity index (χ0v) is 14.1. The number of ether oxygens (including phenoxy) is 1. The van der Waals surface area contributed by atoms with Crippen LogP contribution in [0.15, 0.2) is 29.4 Å². The van der Waals surface area contributed by atoms with E-state index in [1.807, 2.05) is 0 Å². The van der Waals surface area contributed by atoms with E-state index in [4.69, 9.17) is 0 Å². The van der Waals surface area contributed by atoms with Crippen molar-refractivity contribution in [1.29, 1.82) is 0 Å². The smallest absolute Gasteiger partial charge is 0.387 e. The number of benzene rings is 1. The van der Waals surface area contributed by atoms with Crippen LogP contribution >= 0.6 is 0 Å². The molecule has 0 amide bonds. The molecule has 0 saturated carbocycles. The van der Waals surface area contributed by atoms with Crippen molar-refractivity contribution < 1.29 is 21.9 Å². The van der Waals surface area contributed by atoms with Crippen molar-refractivity contribution >= 4 is 16.1 Å². The molecule has 0 spiro atoms. The SMILES string of the molecule is C[C@H](NS(=O)(=O)C1=Cc2ccc(OC(F)F)cc2CC1)c1ncn[nH]1. The van der Waals surface area contributed by atoms with Crippen LogP contribution in [0.2, 0.25) is 0 Å². The molecule has 2 N–H and O–H groups in total. The second kappa shape index (κ2) is 6.89. The van der Waals surface area contributed by atoms with E-state index < -0.39 is 22.7 Å². The predicted octanol–water partition coefficient (Wildman–Crippen LogP) is 2.37. The molecule has 0 saturated heterocycles. The number of halogens is 2. The van der Waals surface area contributed by atoms with Gasteiger partial charge in [-0.05, 0) is 49.1 Å². The minimum Gasteiger partial charge on any atom is -0.435 e. The molecule has 1 aromatic heterocycles. The molecule has 1 atom stereocenters. The molecular weight excluding hydrogens is 354 g/mol. The van der Waals surface area contributed by atoms with Crippen molar-refractivity contribution in [1.82, 2.24) is 19.9 Å². The fourth-order valence-electron chi connectivity index (χ4n) is 2.62. The molecule has 0 radical (unpaired) electrons. The number of H-pyrrole nitrogens is 1. The third kappa shape index (κ3) is 4.02. The molecule has 1 aromatic carbocycles. The van der Waals surface area contributed by atoms with Gasteiger partial charge in [0, 0.05) is 0 Å². The van der Waals surface area contributed by atoms with E-state index >= 15 is 0 Å². The van der Waals surface area contributed by atoms with Crippen LogP contribution in [0.3, 0.4) is 0 Å². The molecule has 10 heteroatoms. The molecule has 0 unspecified atom stereocenters. The van der Waals surface area contributed by atoms with Crippen LogP contribution in [0.25, 0.3) is 6.08 Å². The van der Waals surface area contributed by atoms with Gasteiger partial charge in [0.2, 0.25) is 10.0 Å². The van der Waals surface area contributed by atoms with Gasteiger partial charge in [-0.15, -0.1) is 0 Å². The molecule has 134 valence electrons. The van der Waals surface area contributed by atoms with Gasteiger partial charge in [-0.3, -0.25) is 5.10 Å². The van der Waals surface area contributed by atoms with E-state index in [-0.39, 0.29) is 17.1 Å². The lowest BCUT2D eigenvalue weighted by molar-refractivity contribution is -0.0498. The Morgan fingerprint density at radius 1 is 1.32 bits per heavy atom. The number of hydrogen-bond donors (Lipinski definition) is 2. The summed E-state index contributed by atoms with van der Waals surface area (Å²) in [6, 6.07) is 3.91. The fourth-order valence-corrected chi connectivity index (χ4v) is 4.00. The highest BCUT2D eigenvalue weighted by Gasteiger charge is 2.25. The van der Waals surface area contributed by atoms with Gasteiger partial charge in [-0.25, -0.2) is 18.1 Å². The first-order chi connectivity index (χ1) is 11.8. The van der Waals surface area contributed by atoms with E-state index in [0.29, 0.717) is 17.8 Å². The van der Waals surface area contributed by atoms with Crippen molar-refractivity contribution in [2.45, 2.75) is 32.4 Å². The molecule has 7 nitrogen and oxygen atoms in total. The van der Waals surface area contributed by atoms with E-state index in [1.165, 1.54) is 18.5 Å². The molecule has 1 aliphatic rings. The van der Waals surface area contributed by atoms with Gasteiger partial charge < -0.3 is 4.74 Å². The number of rotatable bonds is 6. The van der Waals surface area contributed by atoms with Crippen LogP contribution in [0, 0.1) is 0 Å². The number of sulfonamides is 1. The Morgan fingerprint density at radius 3 is 2.80 bits per heavy atom. The van der Waals surface area contributed by atoms with Crippen LogP contribution in [-0.4, -0.2) is 30.2 Å². The summed E-state index contributed by atoms with van der Waals surface area (Å²) in [5.74, 6) is 0.472. The lowest BCUT2D eigenvalue weighted by Crippen LogP contribution is -2.29. The Kier molecular flexibility index (Phi) is 4.82. The Balaban J connectivity index is 1.80. The van der Waals surface area contributed by atoms with Gasteiger partial charge in [-0.2, -0.15) is 13.9 Å². The van der Waals surface area contributed by atoms with E-state index in [1.54, 1.807) is 19.1 Å². The summed E-state index contributed by atoms with van der Waals surface area (Å²) < 4.78 is 56.6. The maximum atomic E-state index is 12.5. The largest absolute Gasteiger partial charge is 0.435 e. The zero-order chi connectivity index (χ0) is 18.0. The number of nitrogens with zero attached hydrogens (tertiary/aromatic N) is 2. The van der Waals surface area contributed by atoms with Gasteiger partial charge in [-0.1, -0.05) is 6.07 Å². The summed E-state index contributed by atoms with van der Waals surface area (Å²) in [4.78, 5) is 4.16. The summed E-state index contributed by atoms with van der Waals surface area (Å²) in [5, 5.41) is 6.31. The van der Waals surface area contributed by atoms with Crippen LogP contribution in [-0.2, 0) is 16.4 Å². The van der Waals surface area contributed by atoms with Gasteiger partial charge in [0.1, 0.15) is 17.9 Å². The highest BCUT2D eigenvalue weighted by atomic mass is 32.2. The summed E-state index contributed by atoms with van der Waals surface area (Å²) in [6.45, 7) is -1.24. The van der Waals surface area contributed by atoms with E-state index in [0.717, 1.165) is 5.56 Å². The zero-order valence-electron chi connectivity index (χ0n) is 13.2. The molecule has 3 rings (SSSR count). The second-order valence-corrected chi connectivity index (χ2v) is 7.33. The molecule has 2 aromatic rings. The average molecular weight is 370 g/mol. The molecule has 25 heavy (non-hydrogen) atoms. The summed E-state index contributed by atoms with van der Waals surface area (Å²) >= 11 is 0. The maximum Gasteiger partial charge on any atom is 0.387 e. The summed E-state index contributed by atoms with van der Waals surface area (Å²) in [6.07, 6.45) is 3.53. The van der Waals surface area contributed by atoms with E-state index in [2.05, 4.69) is 24.6 Å². The van der Waals surface area contributed by atoms with Gasteiger partial charge in [0.15, 0.2) is 0 Å². The normalized spacial score (nSPS) is 15.6. The minimum absolute atomic E-state index is 0.0607. The highest BCUT2D eigenvalue weighted by Crippen LogP contribution is 2.30. The molecule has 1 aliphatic carbocycles. The Morgan fingerprint density at radius 2 is 2.12 bits per heavy atom. The number of aromatic nitrogens is 3. The van der Waals surface area contributed by atoms with Crippen molar-refractivity contribution in [3.8, 4) is 5.75 Å². The Bertz CT molecular complexity index is 882. The Hall–Kier alpha value is -2.33. The summed E-state index contributed by atoms with van der Waals surface area (Å²) in [7, 11) is -3.71. The molecule has 0 bridgehead atoms. The predicted molar refractivity (Wildman–Crippen MR) is 86.2 cm³/mol. The number of nitrogens with one attached hydrogen (secondary N) is 2. The average Bonchev–Trinajstić information content (AvgIpc) is 3.08. The lowest BCUT2D eigenvalue weighted by Gasteiger charge is -2.19. The first-order valence-corrected chi connectivity index (χ1v) is 8.99. The molecular formula is C15H16F2N4O3S. The molecule has 0 fully saturated rings. The maximum absolute atomic E-state index is 12.5. The minimum atomic E-state index is -3.71. The number of alkyl halides is 2. The monoisotopic (exact) mass is 370 g/mol. The quantitative estimate of drug-likeness (QED) is 0.814. The molecule has 1 heterocycles. The third-order valence-corrected chi connectivity index (χ3v) is 5.49. The van der Waals surface area contributed by atoms with Gasteiger partial charge in [0.05, 0.1) is 10.9 Å². The first kappa shape index (κ1) is 17.5. The third-order valence-electron chi connectivity index (χ3n) is 3.82. The molecule has 0 aliphatic heterocycles. The highest BCUT2D eigenvalue weighted by molar-refractivity contribution is 7.93. The standard InChI is InChI=1S/C15H16F2N4O3S/c1-9(14-18-8-19-20-14)21-25(22,23)13-5-3-10-6-12(24-15(16)17)4-2-11(10)7-13/h2,4,6-9,15,21H,3,5H2,1H3,(H,18,19,20)/t9-/m0/s1. The fraction of sp³-hybridized carbons (Fsp3) is 0.333. The van der Waals surface area contributed by atoms with Gasteiger partial charge in [0.25, 0.3) is 0 Å². The number of hydrogen-bond acceptors (Lipinski definition) is 5. The summed E-state index contributed by atoms with van der Waals surface area (Å²) in [5.41, 5.74) is 1.43. The van der Waals surface area contributed by atoms with Crippen LogP contribution in [0.4, 0.5) is 8.78 Å². The lowest BCUT2D eigenvalue weighted by atomic mass is 9.97. The topological polar surface area (TPSA) is 97.0 Å². The first-order valence-electron chi connectivity index (χ1n) is 7.51. The van der Waals surface area contributed by atoms with Crippen LogP contribution in [0.5, 0.6) is 5.75 Å². The van der Waals surface area contributed by atoms with Crippen molar-refractivity contribution in [2.24, 2.45) is 0 Å². The van der Waals surface area contributed by atoms with Crippen molar-refractivity contribution in [3.05, 3.63) is 46.4 Å². The van der Waals surface area contributed by atoms with E-state index in [9.17, 15) is 17.2 Å². The number of aromatic amines is 1. The number of allylic oxidation sites excluding steroid dienone is 1. The van der Waals surface area contributed by atoms with Crippen LogP contribution in [0.1, 0.15) is 36.3 Å². The number of fused-ring (bicyclic) bond motifs is 1. The Labute approximate surface area is 143 Å². The van der Waals surface area contributed by atoms with Crippen molar-refractivity contribution in [2.75, 3.05) is 0 Å².